The molecule has 0 spiro atoms. The predicted octanol–water partition coefficient (Wildman–Crippen LogP) is 3.97. The molecule has 1 aliphatic rings. The van der Waals surface area contributed by atoms with Crippen LogP contribution in [0.3, 0.4) is 0 Å². The van der Waals surface area contributed by atoms with Crippen LogP contribution in [0.25, 0.3) is 0 Å². The predicted molar refractivity (Wildman–Crippen MR) is 84.2 cm³/mol. The Labute approximate surface area is 130 Å². The molecular formula is C15H19F3O2SSi. The summed E-state index contributed by atoms with van der Waals surface area (Å²) in [7, 11) is -7.62. The summed E-state index contributed by atoms with van der Waals surface area (Å²) in [5.41, 5.74) is -5.76. The highest BCUT2D eigenvalue weighted by atomic mass is 32.2. The molecule has 7 heteroatoms. The van der Waals surface area contributed by atoms with Crippen molar-refractivity contribution in [2.24, 2.45) is 0 Å². The molecule has 0 amide bonds. The van der Waals surface area contributed by atoms with Crippen LogP contribution in [0.15, 0.2) is 41.3 Å². The third-order valence-electron chi connectivity index (χ3n) is 4.39. The molecule has 22 heavy (non-hydrogen) atoms. The first kappa shape index (κ1) is 17.3. The number of alkyl halides is 3. The van der Waals surface area contributed by atoms with Gasteiger partial charge in [-0.1, -0.05) is 54.7 Å². The monoisotopic (exact) mass is 348 g/mol. The minimum atomic E-state index is -5.24. The Bertz CT molecular complexity index is 664. The Hall–Kier alpha value is -1.08. The van der Waals surface area contributed by atoms with Crippen molar-refractivity contribution < 1.29 is 21.6 Å². The van der Waals surface area contributed by atoms with Crippen molar-refractivity contribution in [3.05, 3.63) is 41.3 Å². The van der Waals surface area contributed by atoms with Gasteiger partial charge in [-0.25, -0.2) is 8.42 Å². The van der Waals surface area contributed by atoms with Gasteiger partial charge >= 0.3 is 5.51 Å². The fraction of sp³-hybridized carbons (Fsp3) is 0.467. The van der Waals surface area contributed by atoms with Crippen molar-refractivity contribution in [3.8, 4) is 0 Å². The van der Waals surface area contributed by atoms with E-state index in [2.05, 4.69) is 0 Å². The highest BCUT2D eigenvalue weighted by molar-refractivity contribution is 7.96. The van der Waals surface area contributed by atoms with Gasteiger partial charge in [-0.15, -0.1) is 0 Å². The van der Waals surface area contributed by atoms with Gasteiger partial charge in [0.15, 0.2) is 0 Å². The lowest BCUT2D eigenvalue weighted by Gasteiger charge is -2.36. The minimum absolute atomic E-state index is 0.389. The highest BCUT2D eigenvalue weighted by Crippen LogP contribution is 2.45. The summed E-state index contributed by atoms with van der Waals surface area (Å²) < 4.78 is 62.8. The van der Waals surface area contributed by atoms with Crippen molar-refractivity contribution in [1.29, 1.82) is 0 Å². The topological polar surface area (TPSA) is 34.1 Å². The van der Waals surface area contributed by atoms with Crippen LogP contribution in [-0.4, -0.2) is 22.0 Å². The van der Waals surface area contributed by atoms with Gasteiger partial charge in [0.25, 0.3) is 9.84 Å². The molecule has 0 bridgehead atoms. The smallest absolute Gasteiger partial charge is 0.215 e. The van der Waals surface area contributed by atoms with Crippen LogP contribution < -0.4 is 5.19 Å². The Balaban J connectivity index is 2.50. The van der Waals surface area contributed by atoms with Gasteiger partial charge in [-0.05, 0) is 24.8 Å². The zero-order chi connectivity index (χ0) is 16.6. The molecule has 1 aromatic rings. The molecule has 0 aliphatic heterocycles. The summed E-state index contributed by atoms with van der Waals surface area (Å²) in [6.07, 6.45) is 2.90. The van der Waals surface area contributed by atoms with Gasteiger partial charge in [0.1, 0.15) is 0 Å². The molecule has 0 saturated heterocycles. The van der Waals surface area contributed by atoms with E-state index in [0.717, 1.165) is 11.6 Å². The summed E-state index contributed by atoms with van der Waals surface area (Å²) in [5.74, 6) is 0. The molecular weight excluding hydrogens is 329 g/mol. The highest BCUT2D eigenvalue weighted by Gasteiger charge is 2.53. The third kappa shape index (κ3) is 3.01. The molecule has 1 unspecified atom stereocenters. The molecule has 0 radical (unpaired) electrons. The van der Waals surface area contributed by atoms with E-state index < -0.39 is 33.9 Å². The number of hydrogen-bond acceptors (Lipinski definition) is 2. The SMILES string of the molecule is C[Si](C)(c1ccccc1)C1CCCC=C1S(=O)(=O)C(F)(F)F. The maximum absolute atomic E-state index is 13.0. The van der Waals surface area contributed by atoms with E-state index in [1.807, 2.05) is 43.4 Å². The van der Waals surface area contributed by atoms with Crippen LogP contribution in [0.1, 0.15) is 19.3 Å². The van der Waals surface area contributed by atoms with E-state index in [9.17, 15) is 21.6 Å². The molecule has 1 aromatic carbocycles. The van der Waals surface area contributed by atoms with Gasteiger partial charge in [-0.3, -0.25) is 0 Å². The van der Waals surface area contributed by atoms with E-state index in [1.54, 1.807) is 0 Å². The number of hydrogen-bond donors (Lipinski definition) is 0. The van der Waals surface area contributed by atoms with Crippen molar-refractivity contribution >= 4 is 23.1 Å². The molecule has 2 nitrogen and oxygen atoms in total. The van der Waals surface area contributed by atoms with Crippen molar-refractivity contribution in [2.75, 3.05) is 0 Å². The van der Waals surface area contributed by atoms with Crippen molar-refractivity contribution in [2.45, 2.75) is 43.4 Å². The first-order chi connectivity index (χ1) is 10.1. The summed E-state index contributed by atoms with van der Waals surface area (Å²) >= 11 is 0. The Morgan fingerprint density at radius 1 is 1.14 bits per heavy atom. The standard InChI is InChI=1S/C15H19F3O2SSi/c1-22(2,12-8-4-3-5-9-12)14-11-7-6-10-13(14)21(19,20)15(16,17)18/h3-5,8-10,14H,6-7,11H2,1-2H3. The largest absolute Gasteiger partial charge is 0.501 e. The van der Waals surface area contributed by atoms with E-state index in [1.165, 1.54) is 6.08 Å². The molecule has 0 aromatic heterocycles. The lowest BCUT2D eigenvalue weighted by molar-refractivity contribution is -0.0427. The quantitative estimate of drug-likeness (QED) is 0.775. The van der Waals surface area contributed by atoms with Crippen LogP contribution >= 0.6 is 0 Å². The third-order valence-corrected chi connectivity index (χ3v) is 10.4. The maximum Gasteiger partial charge on any atom is 0.501 e. The van der Waals surface area contributed by atoms with Crippen LogP contribution in [-0.2, 0) is 9.84 Å². The van der Waals surface area contributed by atoms with Crippen molar-refractivity contribution in [3.63, 3.8) is 0 Å². The molecule has 0 fully saturated rings. The first-order valence-electron chi connectivity index (χ1n) is 7.15. The fourth-order valence-electron chi connectivity index (χ4n) is 3.07. The van der Waals surface area contributed by atoms with E-state index >= 15 is 0 Å². The van der Waals surface area contributed by atoms with Gasteiger partial charge in [-0.2, -0.15) is 13.2 Å². The van der Waals surface area contributed by atoms with Gasteiger partial charge in [0.05, 0.1) is 13.0 Å². The number of benzene rings is 1. The van der Waals surface area contributed by atoms with Crippen LogP contribution in [0.5, 0.6) is 0 Å². The number of rotatable bonds is 3. The second-order valence-corrected chi connectivity index (χ2v) is 12.8. The zero-order valence-electron chi connectivity index (χ0n) is 12.5. The second kappa shape index (κ2) is 5.85. The van der Waals surface area contributed by atoms with Crippen LogP contribution in [0.4, 0.5) is 13.2 Å². The molecule has 1 atom stereocenters. The Kier molecular flexibility index (Phi) is 4.59. The van der Waals surface area contributed by atoms with Gasteiger partial charge in [0, 0.05) is 0 Å². The second-order valence-electron chi connectivity index (χ2n) is 6.13. The van der Waals surface area contributed by atoms with Crippen LogP contribution in [0.2, 0.25) is 18.6 Å². The average molecular weight is 348 g/mol. The summed E-state index contributed by atoms with van der Waals surface area (Å²) in [6, 6.07) is 9.30. The number of allylic oxidation sites excluding steroid dienone is 2. The lowest BCUT2D eigenvalue weighted by atomic mass is 10.1. The van der Waals surface area contributed by atoms with E-state index in [0.29, 0.717) is 12.8 Å². The summed E-state index contributed by atoms with van der Waals surface area (Å²) in [6.45, 7) is 3.89. The molecule has 122 valence electrons. The Morgan fingerprint density at radius 3 is 2.27 bits per heavy atom. The normalized spacial score (nSPS) is 20.6. The number of sulfone groups is 1. The lowest BCUT2D eigenvalue weighted by Crippen LogP contribution is -2.48. The van der Waals surface area contributed by atoms with Crippen LogP contribution in [0, 0.1) is 0 Å². The summed E-state index contributed by atoms with van der Waals surface area (Å²) in [4.78, 5) is -0.410. The van der Waals surface area contributed by atoms with E-state index in [-0.39, 0.29) is 0 Å². The molecule has 0 heterocycles. The molecule has 1 aliphatic carbocycles. The minimum Gasteiger partial charge on any atom is -0.215 e. The average Bonchev–Trinajstić information content (AvgIpc) is 2.47. The van der Waals surface area contributed by atoms with Crippen molar-refractivity contribution in [1.82, 2.24) is 0 Å². The number of halogens is 3. The fourth-order valence-corrected chi connectivity index (χ4v) is 8.72. The van der Waals surface area contributed by atoms with E-state index in [4.69, 9.17) is 0 Å². The Morgan fingerprint density at radius 2 is 1.73 bits per heavy atom. The zero-order valence-corrected chi connectivity index (χ0v) is 14.3. The maximum atomic E-state index is 13.0. The van der Waals surface area contributed by atoms with Gasteiger partial charge < -0.3 is 0 Å². The first-order valence-corrected chi connectivity index (χ1v) is 11.7. The molecule has 0 N–H and O–H groups in total. The molecule has 0 saturated carbocycles. The summed E-state index contributed by atoms with van der Waals surface area (Å²) in [5, 5.41) is 0.977. The molecule has 2 rings (SSSR count). The van der Waals surface area contributed by atoms with Gasteiger partial charge in [0.2, 0.25) is 0 Å².